The van der Waals surface area contributed by atoms with Gasteiger partial charge in [0.25, 0.3) is 0 Å². The van der Waals surface area contributed by atoms with Crippen LogP contribution in [0.3, 0.4) is 0 Å². The van der Waals surface area contributed by atoms with Gasteiger partial charge in [0.05, 0.1) is 6.61 Å². The molecule has 2 rings (SSSR count). The second-order valence-corrected chi connectivity index (χ2v) is 5.70. The van der Waals surface area contributed by atoms with Crippen molar-refractivity contribution in [2.24, 2.45) is 0 Å². The number of hydrogen-bond acceptors (Lipinski definition) is 4. The summed E-state index contributed by atoms with van der Waals surface area (Å²) in [5.74, 6) is -2.07. The van der Waals surface area contributed by atoms with Crippen molar-refractivity contribution in [3.05, 3.63) is 35.4 Å². The Kier molecular flexibility index (Phi) is 3.76. The Hall–Kier alpha value is -1.58. The SMILES string of the molecule is O=C(NCc1ccc(C2CO2)cc1)C(F)(F)S(=O)(=O)O. The van der Waals surface area contributed by atoms with Gasteiger partial charge in [0.1, 0.15) is 6.10 Å². The predicted molar refractivity (Wildman–Crippen MR) is 63.5 cm³/mol. The van der Waals surface area contributed by atoms with Crippen LogP contribution in [0.4, 0.5) is 8.78 Å². The highest BCUT2D eigenvalue weighted by Gasteiger charge is 2.52. The average molecular weight is 307 g/mol. The molecule has 1 atom stereocenters. The first kappa shape index (κ1) is 14.8. The molecule has 1 aromatic rings. The lowest BCUT2D eigenvalue weighted by atomic mass is 10.1. The van der Waals surface area contributed by atoms with Crippen LogP contribution in [0.5, 0.6) is 0 Å². The number of alkyl halides is 2. The normalized spacial score (nSPS) is 18.6. The third-order valence-corrected chi connectivity index (χ3v) is 3.56. The second-order valence-electron chi connectivity index (χ2n) is 4.24. The van der Waals surface area contributed by atoms with Crippen LogP contribution in [0.15, 0.2) is 24.3 Å². The average Bonchev–Trinajstić information content (AvgIpc) is 3.19. The fourth-order valence-electron chi connectivity index (χ4n) is 1.49. The summed E-state index contributed by atoms with van der Waals surface area (Å²) in [5.41, 5.74) is 1.44. The number of rotatable bonds is 5. The van der Waals surface area contributed by atoms with Crippen LogP contribution in [0.2, 0.25) is 0 Å². The summed E-state index contributed by atoms with van der Waals surface area (Å²) in [6, 6.07) is 6.64. The first-order valence-corrected chi connectivity index (χ1v) is 6.99. The van der Waals surface area contributed by atoms with E-state index in [4.69, 9.17) is 9.29 Å². The van der Waals surface area contributed by atoms with E-state index in [9.17, 15) is 22.0 Å². The molecule has 1 heterocycles. The Morgan fingerprint density at radius 2 is 1.95 bits per heavy atom. The molecule has 0 bridgehead atoms. The van der Waals surface area contributed by atoms with E-state index < -0.39 is 21.3 Å². The number of ether oxygens (including phenoxy) is 1. The van der Waals surface area contributed by atoms with E-state index in [1.807, 2.05) is 0 Å². The Morgan fingerprint density at radius 1 is 1.40 bits per heavy atom. The van der Waals surface area contributed by atoms with Crippen molar-refractivity contribution >= 4 is 16.0 Å². The highest BCUT2D eigenvalue weighted by Crippen LogP contribution is 2.29. The molecule has 1 aromatic carbocycles. The molecule has 2 N–H and O–H groups in total. The maximum absolute atomic E-state index is 12.9. The maximum Gasteiger partial charge on any atom is 0.446 e. The predicted octanol–water partition coefficient (Wildman–Crippen LogP) is 0.855. The molecule has 1 unspecified atom stereocenters. The van der Waals surface area contributed by atoms with Crippen molar-refractivity contribution in [3.63, 3.8) is 0 Å². The van der Waals surface area contributed by atoms with Crippen LogP contribution < -0.4 is 5.32 Å². The van der Waals surface area contributed by atoms with Gasteiger partial charge in [-0.3, -0.25) is 9.35 Å². The van der Waals surface area contributed by atoms with Gasteiger partial charge in [0.2, 0.25) is 0 Å². The van der Waals surface area contributed by atoms with Crippen LogP contribution >= 0.6 is 0 Å². The molecule has 0 radical (unpaired) electrons. The lowest BCUT2D eigenvalue weighted by molar-refractivity contribution is -0.136. The molecular formula is C11H11F2NO5S. The van der Waals surface area contributed by atoms with Gasteiger partial charge in [-0.25, -0.2) is 0 Å². The molecule has 1 aliphatic rings. The number of carbonyl (C=O) groups excluding carboxylic acids is 1. The number of nitrogens with one attached hydrogen (secondary N) is 1. The molecule has 1 aliphatic heterocycles. The number of benzene rings is 1. The monoisotopic (exact) mass is 307 g/mol. The van der Waals surface area contributed by atoms with Gasteiger partial charge in [-0.2, -0.15) is 17.2 Å². The van der Waals surface area contributed by atoms with Crippen molar-refractivity contribution < 1.29 is 31.3 Å². The number of hydrogen-bond donors (Lipinski definition) is 2. The molecule has 1 fully saturated rings. The van der Waals surface area contributed by atoms with Crippen molar-refractivity contribution in [1.29, 1.82) is 0 Å². The van der Waals surface area contributed by atoms with Crippen LogP contribution in [0.25, 0.3) is 0 Å². The molecule has 6 nitrogen and oxygen atoms in total. The number of amides is 1. The topological polar surface area (TPSA) is 96.0 Å². The van der Waals surface area contributed by atoms with Gasteiger partial charge >= 0.3 is 21.3 Å². The van der Waals surface area contributed by atoms with Gasteiger partial charge in [-0.15, -0.1) is 0 Å². The molecule has 1 saturated heterocycles. The van der Waals surface area contributed by atoms with Gasteiger partial charge in [0.15, 0.2) is 0 Å². The van der Waals surface area contributed by atoms with E-state index in [0.717, 1.165) is 5.56 Å². The second kappa shape index (κ2) is 5.08. The van der Waals surface area contributed by atoms with Crippen molar-refractivity contribution in [2.45, 2.75) is 17.9 Å². The Balaban J connectivity index is 1.96. The molecule has 0 aromatic heterocycles. The first-order chi connectivity index (χ1) is 9.22. The summed E-state index contributed by atoms with van der Waals surface area (Å²) < 4.78 is 59.9. The lowest BCUT2D eigenvalue weighted by Gasteiger charge is -2.12. The smallest absolute Gasteiger partial charge is 0.368 e. The quantitative estimate of drug-likeness (QED) is 0.621. The zero-order chi connectivity index (χ0) is 15.0. The van der Waals surface area contributed by atoms with Gasteiger partial charge in [-0.05, 0) is 11.1 Å². The summed E-state index contributed by atoms with van der Waals surface area (Å²) in [7, 11) is -5.78. The van der Waals surface area contributed by atoms with Crippen molar-refractivity contribution in [3.8, 4) is 0 Å². The number of carbonyl (C=O) groups is 1. The third kappa shape index (κ3) is 3.11. The standard InChI is InChI=1S/C11H11F2NO5S/c12-11(13,20(16,17)18)10(15)14-5-7-1-3-8(4-2-7)9-6-19-9/h1-4,9H,5-6H2,(H,14,15)(H,16,17,18). The summed E-state index contributed by atoms with van der Waals surface area (Å²) in [6.45, 7) is 0.354. The minimum atomic E-state index is -5.78. The molecule has 9 heteroatoms. The summed E-state index contributed by atoms with van der Waals surface area (Å²) >= 11 is 0. The Bertz CT molecular complexity index is 610. The van der Waals surface area contributed by atoms with Crippen molar-refractivity contribution in [1.82, 2.24) is 5.32 Å². The van der Waals surface area contributed by atoms with Crippen molar-refractivity contribution in [2.75, 3.05) is 6.61 Å². The fourth-order valence-corrected chi connectivity index (χ4v) is 1.80. The molecule has 0 spiro atoms. The summed E-state index contributed by atoms with van der Waals surface area (Å²) in [4.78, 5) is 11.0. The molecule has 20 heavy (non-hydrogen) atoms. The van der Waals surface area contributed by atoms with E-state index >= 15 is 0 Å². The Morgan fingerprint density at radius 3 is 2.40 bits per heavy atom. The van der Waals surface area contributed by atoms with Gasteiger partial charge < -0.3 is 10.1 Å². The largest absolute Gasteiger partial charge is 0.446 e. The highest BCUT2D eigenvalue weighted by atomic mass is 32.2. The molecule has 1 amide bonds. The van der Waals surface area contributed by atoms with E-state index in [1.54, 1.807) is 29.6 Å². The van der Waals surface area contributed by atoms with E-state index in [1.165, 1.54) is 0 Å². The van der Waals surface area contributed by atoms with Gasteiger partial charge in [0, 0.05) is 6.54 Å². The molecular weight excluding hydrogens is 296 g/mol. The zero-order valence-corrected chi connectivity index (χ0v) is 10.9. The number of halogens is 2. The van der Waals surface area contributed by atoms with E-state index in [0.29, 0.717) is 12.2 Å². The van der Waals surface area contributed by atoms with E-state index in [-0.39, 0.29) is 12.6 Å². The first-order valence-electron chi connectivity index (χ1n) is 5.55. The maximum atomic E-state index is 12.9. The third-order valence-electron chi connectivity index (χ3n) is 2.73. The van der Waals surface area contributed by atoms with Crippen LogP contribution in [-0.2, 0) is 26.2 Å². The lowest BCUT2D eigenvalue weighted by Crippen LogP contribution is -2.45. The molecule has 0 aliphatic carbocycles. The summed E-state index contributed by atoms with van der Waals surface area (Å²) in [6.07, 6.45) is 0.0579. The fraction of sp³-hybridized carbons (Fsp3) is 0.364. The minimum Gasteiger partial charge on any atom is -0.368 e. The molecule has 110 valence electrons. The zero-order valence-electron chi connectivity index (χ0n) is 10.0. The van der Waals surface area contributed by atoms with E-state index in [2.05, 4.69) is 0 Å². The highest BCUT2D eigenvalue weighted by molar-refractivity contribution is 7.87. The minimum absolute atomic E-state index is 0.0579. The Labute approximate surface area is 113 Å². The molecule has 0 saturated carbocycles. The van der Waals surface area contributed by atoms with Gasteiger partial charge in [-0.1, -0.05) is 24.3 Å². The van der Waals surface area contributed by atoms with Crippen LogP contribution in [0.1, 0.15) is 17.2 Å². The van der Waals surface area contributed by atoms with Crippen LogP contribution in [-0.4, -0.2) is 30.7 Å². The number of epoxide rings is 1. The van der Waals surface area contributed by atoms with Crippen LogP contribution in [0, 0.1) is 0 Å². The summed E-state index contributed by atoms with van der Waals surface area (Å²) in [5, 5.41) is -3.12.